The molecule has 3 aromatic rings. The number of carbonyl (C=O) groups excluding carboxylic acids is 1. The first-order chi connectivity index (χ1) is 12.1. The third kappa shape index (κ3) is 4.73. The number of rotatable bonds is 6. The normalized spacial score (nSPS) is 10.6. The van der Waals surface area contributed by atoms with Crippen molar-refractivity contribution < 1.29 is 13.6 Å². The van der Waals surface area contributed by atoms with E-state index in [-0.39, 0.29) is 24.0 Å². The first-order valence-corrected chi connectivity index (χ1v) is 7.92. The zero-order valence-electron chi connectivity index (χ0n) is 13.5. The zero-order valence-corrected chi connectivity index (χ0v) is 13.5. The van der Waals surface area contributed by atoms with Crippen molar-refractivity contribution in [3.63, 3.8) is 0 Å². The first kappa shape index (κ1) is 16.8. The van der Waals surface area contributed by atoms with Gasteiger partial charge in [0.1, 0.15) is 11.6 Å². The summed E-state index contributed by atoms with van der Waals surface area (Å²) in [5, 5.41) is 7.22. The van der Waals surface area contributed by atoms with Crippen LogP contribution in [0.3, 0.4) is 0 Å². The Balaban J connectivity index is 1.48. The molecule has 0 aliphatic heterocycles. The van der Waals surface area contributed by atoms with Gasteiger partial charge in [-0.05, 0) is 48.0 Å². The molecule has 3 rings (SSSR count). The van der Waals surface area contributed by atoms with Gasteiger partial charge in [-0.25, -0.2) is 13.5 Å². The van der Waals surface area contributed by atoms with Crippen LogP contribution in [0.2, 0.25) is 0 Å². The van der Waals surface area contributed by atoms with Crippen molar-refractivity contribution in [3.8, 4) is 5.69 Å². The quantitative estimate of drug-likeness (QED) is 0.749. The molecule has 0 spiro atoms. The number of amides is 1. The molecule has 1 aromatic heterocycles. The Morgan fingerprint density at radius 2 is 1.60 bits per heavy atom. The first-order valence-electron chi connectivity index (χ1n) is 7.92. The molecule has 128 valence electrons. The average molecular weight is 341 g/mol. The number of halogens is 2. The summed E-state index contributed by atoms with van der Waals surface area (Å²) in [5.41, 5.74) is 2.36. The van der Waals surface area contributed by atoms with Crippen molar-refractivity contribution >= 4 is 5.91 Å². The Hall–Kier alpha value is -3.02. The molecule has 4 nitrogen and oxygen atoms in total. The summed E-state index contributed by atoms with van der Waals surface area (Å²) in [6.45, 7) is 0.459. The predicted molar refractivity (Wildman–Crippen MR) is 90.3 cm³/mol. The smallest absolute Gasteiger partial charge is 0.224 e. The molecule has 6 heteroatoms. The molecule has 0 atom stereocenters. The lowest BCUT2D eigenvalue weighted by molar-refractivity contribution is -0.120. The van der Waals surface area contributed by atoms with E-state index in [0.29, 0.717) is 13.0 Å². The van der Waals surface area contributed by atoms with Gasteiger partial charge in [0.05, 0.1) is 17.8 Å². The fourth-order valence-electron chi connectivity index (χ4n) is 2.41. The summed E-state index contributed by atoms with van der Waals surface area (Å²) in [5.74, 6) is -0.731. The van der Waals surface area contributed by atoms with E-state index in [2.05, 4.69) is 10.4 Å². The maximum Gasteiger partial charge on any atom is 0.224 e. The Morgan fingerprint density at radius 3 is 2.28 bits per heavy atom. The number of hydrogen-bond acceptors (Lipinski definition) is 2. The molecular weight excluding hydrogens is 324 g/mol. The average Bonchev–Trinajstić information content (AvgIpc) is 3.06. The maximum absolute atomic E-state index is 12.9. The van der Waals surface area contributed by atoms with E-state index < -0.39 is 0 Å². The SMILES string of the molecule is O=C(Cc1ccc(F)cc1)NCCc1ccn(-c2ccc(F)cc2)n1. The summed E-state index contributed by atoms with van der Waals surface area (Å²) < 4.78 is 27.4. The minimum atomic E-state index is -0.319. The van der Waals surface area contributed by atoms with Gasteiger partial charge in [-0.1, -0.05) is 12.1 Å². The Labute approximate surface area is 144 Å². The van der Waals surface area contributed by atoms with Crippen LogP contribution < -0.4 is 5.32 Å². The highest BCUT2D eigenvalue weighted by Gasteiger charge is 2.05. The Bertz CT molecular complexity index is 842. The van der Waals surface area contributed by atoms with Gasteiger partial charge in [0.15, 0.2) is 0 Å². The standard InChI is InChI=1S/C19H17F2N3O/c20-15-3-1-14(2-4-15)13-19(25)22-11-9-17-10-12-24(23-17)18-7-5-16(21)6-8-18/h1-8,10,12H,9,11,13H2,(H,22,25). The second kappa shape index (κ2) is 7.70. The van der Waals surface area contributed by atoms with E-state index in [9.17, 15) is 13.6 Å². The van der Waals surface area contributed by atoms with E-state index in [1.165, 1.54) is 24.3 Å². The third-order valence-electron chi connectivity index (χ3n) is 3.72. The van der Waals surface area contributed by atoms with Crippen LogP contribution in [0, 0.1) is 11.6 Å². The minimum absolute atomic E-state index is 0.121. The van der Waals surface area contributed by atoms with E-state index in [4.69, 9.17) is 0 Å². The monoisotopic (exact) mass is 341 g/mol. The molecular formula is C19H17F2N3O. The molecule has 0 unspecified atom stereocenters. The highest BCUT2D eigenvalue weighted by atomic mass is 19.1. The molecule has 0 saturated heterocycles. The molecule has 0 aliphatic carbocycles. The van der Waals surface area contributed by atoms with Crippen LogP contribution in [0.1, 0.15) is 11.3 Å². The lowest BCUT2D eigenvalue weighted by Gasteiger charge is -2.04. The second-order valence-corrected chi connectivity index (χ2v) is 5.63. The van der Waals surface area contributed by atoms with Crippen molar-refractivity contribution in [1.82, 2.24) is 15.1 Å². The largest absolute Gasteiger partial charge is 0.355 e. The minimum Gasteiger partial charge on any atom is -0.355 e. The topological polar surface area (TPSA) is 46.9 Å². The Kier molecular flexibility index (Phi) is 5.18. The van der Waals surface area contributed by atoms with Gasteiger partial charge < -0.3 is 5.32 Å². The fourth-order valence-corrected chi connectivity index (χ4v) is 2.41. The Morgan fingerprint density at radius 1 is 0.960 bits per heavy atom. The second-order valence-electron chi connectivity index (χ2n) is 5.63. The number of hydrogen-bond donors (Lipinski definition) is 1. The van der Waals surface area contributed by atoms with Gasteiger partial charge >= 0.3 is 0 Å². The number of aromatic nitrogens is 2. The van der Waals surface area contributed by atoms with E-state index in [0.717, 1.165) is 16.9 Å². The van der Waals surface area contributed by atoms with Gasteiger partial charge in [-0.3, -0.25) is 4.79 Å². The number of nitrogens with one attached hydrogen (secondary N) is 1. The molecule has 0 bridgehead atoms. The number of carbonyl (C=O) groups is 1. The fraction of sp³-hybridized carbons (Fsp3) is 0.158. The molecule has 1 heterocycles. The zero-order chi connectivity index (χ0) is 17.6. The summed E-state index contributed by atoms with van der Waals surface area (Å²) in [4.78, 5) is 11.9. The van der Waals surface area contributed by atoms with Gasteiger partial charge in [0.2, 0.25) is 5.91 Å². The summed E-state index contributed by atoms with van der Waals surface area (Å²) in [7, 11) is 0. The van der Waals surface area contributed by atoms with Gasteiger partial charge in [-0.15, -0.1) is 0 Å². The van der Waals surface area contributed by atoms with Crippen molar-refractivity contribution in [2.24, 2.45) is 0 Å². The highest BCUT2D eigenvalue weighted by Crippen LogP contribution is 2.09. The van der Waals surface area contributed by atoms with Crippen LogP contribution in [0.5, 0.6) is 0 Å². The van der Waals surface area contributed by atoms with Crippen LogP contribution in [-0.2, 0) is 17.6 Å². The molecule has 0 saturated carbocycles. The summed E-state index contributed by atoms with van der Waals surface area (Å²) in [6.07, 6.45) is 2.59. The number of nitrogens with zero attached hydrogens (tertiary/aromatic N) is 2. The van der Waals surface area contributed by atoms with Crippen LogP contribution in [-0.4, -0.2) is 22.2 Å². The van der Waals surface area contributed by atoms with Crippen LogP contribution in [0.25, 0.3) is 5.69 Å². The van der Waals surface area contributed by atoms with Crippen LogP contribution in [0.4, 0.5) is 8.78 Å². The van der Waals surface area contributed by atoms with Crippen molar-refractivity contribution in [2.75, 3.05) is 6.54 Å². The van der Waals surface area contributed by atoms with Gasteiger partial charge in [-0.2, -0.15) is 5.10 Å². The van der Waals surface area contributed by atoms with Crippen molar-refractivity contribution in [2.45, 2.75) is 12.8 Å². The van der Waals surface area contributed by atoms with E-state index in [1.54, 1.807) is 35.1 Å². The molecule has 1 N–H and O–H groups in total. The molecule has 0 aliphatic rings. The van der Waals surface area contributed by atoms with Gasteiger partial charge in [0, 0.05) is 19.2 Å². The van der Waals surface area contributed by atoms with Crippen molar-refractivity contribution in [3.05, 3.63) is 83.7 Å². The molecule has 2 aromatic carbocycles. The van der Waals surface area contributed by atoms with Crippen LogP contribution in [0.15, 0.2) is 60.8 Å². The summed E-state index contributed by atoms with van der Waals surface area (Å²) >= 11 is 0. The molecule has 1 amide bonds. The molecule has 25 heavy (non-hydrogen) atoms. The summed E-state index contributed by atoms with van der Waals surface area (Å²) in [6, 6.07) is 13.8. The molecule has 0 fully saturated rings. The maximum atomic E-state index is 12.9. The lowest BCUT2D eigenvalue weighted by Crippen LogP contribution is -2.27. The molecule has 0 radical (unpaired) electrons. The number of benzene rings is 2. The van der Waals surface area contributed by atoms with E-state index in [1.807, 2.05) is 6.07 Å². The lowest BCUT2D eigenvalue weighted by atomic mass is 10.1. The third-order valence-corrected chi connectivity index (χ3v) is 3.72. The van der Waals surface area contributed by atoms with Crippen LogP contribution >= 0.6 is 0 Å². The van der Waals surface area contributed by atoms with Gasteiger partial charge in [0.25, 0.3) is 0 Å². The van der Waals surface area contributed by atoms with E-state index >= 15 is 0 Å². The highest BCUT2D eigenvalue weighted by molar-refractivity contribution is 5.78. The van der Waals surface area contributed by atoms with Crippen molar-refractivity contribution in [1.29, 1.82) is 0 Å². The predicted octanol–water partition coefficient (Wildman–Crippen LogP) is 3.05.